The molecule has 170 valence electrons. The van der Waals surface area contributed by atoms with Gasteiger partial charge in [0.2, 0.25) is 0 Å². The highest BCUT2D eigenvalue weighted by molar-refractivity contribution is 9.10. The molecule has 1 N–H and O–H groups in total. The Morgan fingerprint density at radius 3 is 2.34 bits per heavy atom. The molecule has 32 heavy (non-hydrogen) atoms. The minimum atomic E-state index is -0.158. The number of hydrazine groups is 1. The number of benzene rings is 2. The third-order valence-electron chi connectivity index (χ3n) is 6.10. The van der Waals surface area contributed by atoms with Crippen LogP contribution in [0.25, 0.3) is 0 Å². The van der Waals surface area contributed by atoms with Gasteiger partial charge >= 0.3 is 0 Å². The van der Waals surface area contributed by atoms with Crippen LogP contribution in [-0.4, -0.2) is 29.7 Å². The minimum absolute atomic E-state index is 0.127. The lowest BCUT2D eigenvalue weighted by Crippen LogP contribution is -2.47. The van der Waals surface area contributed by atoms with Gasteiger partial charge in [0, 0.05) is 28.5 Å². The lowest BCUT2D eigenvalue weighted by atomic mass is 9.91. The molecule has 5 nitrogen and oxygen atoms in total. The van der Waals surface area contributed by atoms with E-state index in [0.717, 1.165) is 41.7 Å². The predicted molar refractivity (Wildman–Crippen MR) is 135 cm³/mol. The summed E-state index contributed by atoms with van der Waals surface area (Å²) in [4.78, 5) is 13.3. The first-order valence-corrected chi connectivity index (χ1v) is 12.6. The Kier molecular flexibility index (Phi) is 7.77. The van der Waals surface area contributed by atoms with Crippen molar-refractivity contribution in [2.75, 3.05) is 18.1 Å². The number of hydrazone groups is 1. The van der Waals surface area contributed by atoms with E-state index in [-0.39, 0.29) is 17.9 Å². The predicted octanol–water partition coefficient (Wildman–Crippen LogP) is 6.61. The summed E-state index contributed by atoms with van der Waals surface area (Å²) in [5.41, 5.74) is 5.40. The normalized spacial score (nSPS) is 22.2. The van der Waals surface area contributed by atoms with Crippen molar-refractivity contribution < 1.29 is 4.79 Å². The Balaban J connectivity index is 1.64. The number of anilines is 1. The van der Waals surface area contributed by atoms with Gasteiger partial charge in [-0.2, -0.15) is 5.10 Å². The van der Waals surface area contributed by atoms with Gasteiger partial charge in [0.15, 0.2) is 0 Å². The number of nitrogens with one attached hydrogen (secondary N) is 1. The number of rotatable bonds is 4. The van der Waals surface area contributed by atoms with Crippen molar-refractivity contribution in [3.05, 3.63) is 62.5 Å². The lowest BCUT2D eigenvalue weighted by molar-refractivity contribution is -0.119. The van der Waals surface area contributed by atoms with E-state index < -0.39 is 0 Å². The molecule has 2 aliphatic rings. The Labute approximate surface area is 207 Å². The van der Waals surface area contributed by atoms with E-state index in [1.165, 1.54) is 19.3 Å². The maximum Gasteiger partial charge on any atom is 0.282 e. The van der Waals surface area contributed by atoms with Crippen molar-refractivity contribution in [1.29, 1.82) is 0 Å². The van der Waals surface area contributed by atoms with E-state index in [1.807, 2.05) is 35.1 Å². The van der Waals surface area contributed by atoms with Crippen molar-refractivity contribution in [1.82, 2.24) is 10.4 Å². The Morgan fingerprint density at radius 2 is 1.69 bits per heavy atom. The Hall–Kier alpha value is -1.60. The molecule has 0 aromatic heterocycles. The van der Waals surface area contributed by atoms with E-state index in [9.17, 15) is 4.79 Å². The summed E-state index contributed by atoms with van der Waals surface area (Å²) in [6.45, 7) is 3.79. The van der Waals surface area contributed by atoms with Gasteiger partial charge in [-0.15, -0.1) is 0 Å². The van der Waals surface area contributed by atoms with Crippen LogP contribution < -0.4 is 10.4 Å². The molecule has 1 fully saturated rings. The zero-order valence-corrected chi connectivity index (χ0v) is 21.1. The van der Waals surface area contributed by atoms with Crippen molar-refractivity contribution in [2.24, 2.45) is 11.0 Å². The first-order valence-electron chi connectivity index (χ1n) is 11.1. The standard InChI is InChI=1S/C24H27BrCl2N4O/c1-16-22(24(32)29-30-13-5-3-2-4-6-14-30)28-31(21-12-11-19(26)15-20(21)27)23(16)17-7-9-18(25)10-8-17/h7-12,15-16,23H,2-6,13-14H2,1H3,(H,29,32)/t16-,23+/m0/s1. The zero-order valence-electron chi connectivity index (χ0n) is 18.0. The molecule has 1 saturated heterocycles. The van der Waals surface area contributed by atoms with Crippen LogP contribution in [0, 0.1) is 5.92 Å². The molecule has 2 aliphatic heterocycles. The summed E-state index contributed by atoms with van der Waals surface area (Å²) in [5.74, 6) is -0.273. The van der Waals surface area contributed by atoms with Crippen molar-refractivity contribution in [2.45, 2.75) is 45.1 Å². The van der Waals surface area contributed by atoms with Crippen molar-refractivity contribution in [3.8, 4) is 0 Å². The molecule has 0 saturated carbocycles. The van der Waals surface area contributed by atoms with Gasteiger partial charge in [-0.05, 0) is 48.7 Å². The molecule has 2 atom stereocenters. The number of carbonyl (C=O) groups excluding carboxylic acids is 1. The molecule has 0 bridgehead atoms. The highest BCUT2D eigenvalue weighted by Crippen LogP contribution is 2.42. The first kappa shape index (κ1) is 23.6. The first-order chi connectivity index (χ1) is 15.4. The third-order valence-corrected chi connectivity index (χ3v) is 7.17. The molecule has 0 aliphatic carbocycles. The second-order valence-corrected chi connectivity index (χ2v) is 10.2. The second kappa shape index (κ2) is 10.6. The minimum Gasteiger partial charge on any atom is -0.284 e. The van der Waals surface area contributed by atoms with Crippen LogP contribution in [0.1, 0.15) is 50.6 Å². The summed E-state index contributed by atoms with van der Waals surface area (Å²) >= 11 is 16.2. The molecule has 0 spiro atoms. The summed E-state index contributed by atoms with van der Waals surface area (Å²) in [6.07, 6.45) is 5.88. The van der Waals surface area contributed by atoms with Gasteiger partial charge in [-0.25, -0.2) is 5.01 Å². The largest absolute Gasteiger partial charge is 0.284 e. The molecule has 0 radical (unpaired) electrons. The van der Waals surface area contributed by atoms with E-state index in [0.29, 0.717) is 15.8 Å². The van der Waals surface area contributed by atoms with Crippen LogP contribution in [0.2, 0.25) is 10.0 Å². The highest BCUT2D eigenvalue weighted by Gasteiger charge is 2.40. The van der Waals surface area contributed by atoms with Crippen LogP contribution in [0.4, 0.5) is 5.69 Å². The molecule has 4 rings (SSSR count). The quantitative estimate of drug-likeness (QED) is 0.477. The van der Waals surface area contributed by atoms with Crippen molar-refractivity contribution >= 4 is 56.4 Å². The van der Waals surface area contributed by atoms with Gasteiger partial charge < -0.3 is 0 Å². The zero-order chi connectivity index (χ0) is 22.7. The number of amides is 1. The average Bonchev–Trinajstić information content (AvgIpc) is 3.07. The van der Waals surface area contributed by atoms with E-state index in [1.54, 1.807) is 12.1 Å². The van der Waals surface area contributed by atoms with Gasteiger partial charge in [0.25, 0.3) is 5.91 Å². The Morgan fingerprint density at radius 1 is 1.03 bits per heavy atom. The van der Waals surface area contributed by atoms with Gasteiger partial charge in [0.1, 0.15) is 5.71 Å². The summed E-state index contributed by atoms with van der Waals surface area (Å²) in [6, 6.07) is 13.3. The van der Waals surface area contributed by atoms with Crippen LogP contribution in [-0.2, 0) is 4.79 Å². The lowest BCUT2D eigenvalue weighted by Gasteiger charge is -2.28. The third kappa shape index (κ3) is 5.30. The fourth-order valence-electron chi connectivity index (χ4n) is 4.40. The second-order valence-electron chi connectivity index (χ2n) is 8.41. The van der Waals surface area contributed by atoms with Crippen molar-refractivity contribution in [3.63, 3.8) is 0 Å². The monoisotopic (exact) mass is 536 g/mol. The SMILES string of the molecule is C[C@H]1C(C(=O)NN2CCCCCCC2)=NN(c2ccc(Cl)cc2Cl)[C@H]1c1ccc(Br)cc1. The number of carbonyl (C=O) groups is 1. The van der Waals surface area contributed by atoms with Crippen LogP contribution >= 0.6 is 39.1 Å². The Bertz CT molecular complexity index is 990. The molecule has 2 aromatic carbocycles. The fourth-order valence-corrected chi connectivity index (χ4v) is 5.16. The fraction of sp³-hybridized carbons (Fsp3) is 0.417. The molecular weight excluding hydrogens is 511 g/mol. The van der Waals surface area contributed by atoms with Gasteiger partial charge in [0.05, 0.1) is 16.8 Å². The molecule has 8 heteroatoms. The molecule has 2 heterocycles. The number of nitrogens with zero attached hydrogens (tertiary/aromatic N) is 3. The van der Waals surface area contributed by atoms with Crippen LogP contribution in [0.3, 0.4) is 0 Å². The summed E-state index contributed by atoms with van der Waals surface area (Å²) in [5, 5.41) is 9.75. The van der Waals surface area contributed by atoms with E-state index >= 15 is 0 Å². The number of hydrogen-bond acceptors (Lipinski definition) is 4. The van der Waals surface area contributed by atoms with Crippen LogP contribution in [0.5, 0.6) is 0 Å². The smallest absolute Gasteiger partial charge is 0.282 e. The van der Waals surface area contributed by atoms with E-state index in [2.05, 4.69) is 33.5 Å². The van der Waals surface area contributed by atoms with E-state index in [4.69, 9.17) is 28.3 Å². The summed E-state index contributed by atoms with van der Waals surface area (Å²) < 4.78 is 0.999. The average molecular weight is 538 g/mol. The summed E-state index contributed by atoms with van der Waals surface area (Å²) in [7, 11) is 0. The van der Waals surface area contributed by atoms with Crippen LogP contribution in [0.15, 0.2) is 52.0 Å². The molecular formula is C24H27BrCl2N4O. The highest BCUT2D eigenvalue weighted by atomic mass is 79.9. The number of halogens is 3. The number of hydrogen-bond donors (Lipinski definition) is 1. The molecule has 0 unspecified atom stereocenters. The van der Waals surface area contributed by atoms with Gasteiger partial charge in [-0.1, -0.05) is 77.5 Å². The molecule has 2 aromatic rings. The molecule has 1 amide bonds. The topological polar surface area (TPSA) is 47.9 Å². The maximum absolute atomic E-state index is 13.3. The van der Waals surface area contributed by atoms with Gasteiger partial charge in [-0.3, -0.25) is 15.2 Å². The maximum atomic E-state index is 13.3.